The van der Waals surface area contributed by atoms with Gasteiger partial charge in [-0.15, -0.1) is 0 Å². The summed E-state index contributed by atoms with van der Waals surface area (Å²) in [6.07, 6.45) is 7.32. The molecule has 2 N–H and O–H groups in total. The molecule has 3 aromatic rings. The Balaban J connectivity index is 1.71. The molecule has 1 fully saturated rings. The lowest BCUT2D eigenvalue weighted by molar-refractivity contribution is -0.132. The molecule has 1 aromatic heterocycles. The van der Waals surface area contributed by atoms with Crippen LogP contribution in [0, 0.1) is 6.92 Å². The molecule has 6 heteroatoms. The zero-order valence-electron chi connectivity index (χ0n) is 18.3. The van der Waals surface area contributed by atoms with Gasteiger partial charge in [0.05, 0.1) is 17.3 Å². The van der Waals surface area contributed by atoms with Gasteiger partial charge in [0.2, 0.25) is 0 Å². The summed E-state index contributed by atoms with van der Waals surface area (Å²) in [4.78, 5) is 31.9. The van der Waals surface area contributed by atoms with Crippen molar-refractivity contribution in [2.45, 2.75) is 38.6 Å². The Kier molecular flexibility index (Phi) is 5.21. The van der Waals surface area contributed by atoms with Crippen molar-refractivity contribution in [3.63, 3.8) is 0 Å². The number of carbonyl (C=O) groups is 2. The van der Waals surface area contributed by atoms with Crippen LogP contribution in [-0.2, 0) is 22.4 Å². The van der Waals surface area contributed by atoms with E-state index in [-0.39, 0.29) is 22.8 Å². The van der Waals surface area contributed by atoms with Gasteiger partial charge in [-0.25, -0.2) is 0 Å². The van der Waals surface area contributed by atoms with Crippen LogP contribution in [0.3, 0.4) is 0 Å². The van der Waals surface area contributed by atoms with Crippen molar-refractivity contribution in [3.8, 4) is 5.75 Å². The zero-order valence-corrected chi connectivity index (χ0v) is 18.3. The molecule has 5 rings (SSSR count). The third-order valence-electron chi connectivity index (χ3n) is 6.46. The number of hydrogen-bond donors (Lipinski definition) is 2. The second-order valence-electron chi connectivity index (χ2n) is 8.64. The second kappa shape index (κ2) is 8.20. The first kappa shape index (κ1) is 20.9. The van der Waals surface area contributed by atoms with E-state index < -0.39 is 17.7 Å². The summed E-state index contributed by atoms with van der Waals surface area (Å²) in [5.41, 5.74) is 4.53. The number of anilines is 1. The van der Waals surface area contributed by atoms with E-state index in [1.165, 1.54) is 16.5 Å². The summed E-state index contributed by atoms with van der Waals surface area (Å²) in [6, 6.07) is 13.1. The van der Waals surface area contributed by atoms with Crippen LogP contribution in [0.4, 0.5) is 5.69 Å². The van der Waals surface area contributed by atoms with Gasteiger partial charge in [0.15, 0.2) is 0 Å². The molecule has 1 atom stereocenters. The van der Waals surface area contributed by atoms with Crippen LogP contribution in [-0.4, -0.2) is 26.9 Å². The molecule has 2 aromatic carbocycles. The molecule has 0 radical (unpaired) electrons. The molecule has 1 saturated heterocycles. The molecule has 0 bridgehead atoms. The molecule has 2 aliphatic rings. The first-order valence-electron chi connectivity index (χ1n) is 11.1. The minimum Gasteiger partial charge on any atom is -0.507 e. The molecule has 1 amide bonds. The van der Waals surface area contributed by atoms with Crippen LogP contribution in [0.2, 0.25) is 0 Å². The van der Waals surface area contributed by atoms with Gasteiger partial charge in [-0.2, -0.15) is 0 Å². The molecule has 2 heterocycles. The minimum atomic E-state index is -0.914. The summed E-state index contributed by atoms with van der Waals surface area (Å²) in [6.45, 7) is 1.84. The highest BCUT2D eigenvalue weighted by Gasteiger charge is 2.47. The number of aromatic hydroxyl groups is 1. The number of aromatic nitrogens is 1. The third-order valence-corrected chi connectivity index (χ3v) is 6.46. The Bertz CT molecular complexity index is 1300. The number of hydrogen-bond acceptors (Lipinski definition) is 5. The van der Waals surface area contributed by atoms with Crippen molar-refractivity contribution in [3.05, 3.63) is 94.3 Å². The highest BCUT2D eigenvalue weighted by atomic mass is 16.3. The maximum absolute atomic E-state index is 13.3. The largest absolute Gasteiger partial charge is 0.507 e. The number of phenols is 1. The van der Waals surface area contributed by atoms with Gasteiger partial charge in [-0.1, -0.05) is 24.3 Å². The quantitative estimate of drug-likeness (QED) is 0.353. The maximum atomic E-state index is 13.3. The SMILES string of the molecule is Cc1ccc(O)c(N2C(=O)C(=O)/C(=C(\O)c3ccc4c(c3)CCCC4)C2c2cccnc2)c1. The Morgan fingerprint density at radius 2 is 1.82 bits per heavy atom. The Hall–Kier alpha value is -3.93. The number of fused-ring (bicyclic) bond motifs is 1. The van der Waals surface area contributed by atoms with Crippen molar-refractivity contribution in [1.82, 2.24) is 4.98 Å². The van der Waals surface area contributed by atoms with Gasteiger partial charge in [0.25, 0.3) is 11.7 Å². The second-order valence-corrected chi connectivity index (χ2v) is 8.64. The summed E-state index contributed by atoms with van der Waals surface area (Å²) in [5, 5.41) is 21.9. The van der Waals surface area contributed by atoms with E-state index in [4.69, 9.17) is 0 Å². The van der Waals surface area contributed by atoms with Crippen molar-refractivity contribution in [2.75, 3.05) is 4.90 Å². The molecule has 33 heavy (non-hydrogen) atoms. The molecule has 0 spiro atoms. The summed E-state index contributed by atoms with van der Waals surface area (Å²) >= 11 is 0. The van der Waals surface area contributed by atoms with E-state index in [0.717, 1.165) is 36.8 Å². The average Bonchev–Trinajstić information content (AvgIpc) is 3.10. The normalized spacial score (nSPS) is 19.5. The van der Waals surface area contributed by atoms with Crippen LogP contribution < -0.4 is 4.90 Å². The van der Waals surface area contributed by atoms with E-state index in [2.05, 4.69) is 4.98 Å². The van der Waals surface area contributed by atoms with Crippen LogP contribution in [0.5, 0.6) is 5.75 Å². The molecule has 1 unspecified atom stereocenters. The predicted molar refractivity (Wildman–Crippen MR) is 125 cm³/mol. The smallest absolute Gasteiger partial charge is 0.300 e. The standard InChI is InChI=1S/C27H24N2O4/c1-16-8-11-22(30)21(13-16)29-24(20-7-4-12-28-15-20)23(26(32)27(29)33)25(31)19-10-9-17-5-2-3-6-18(17)14-19/h4,7-15,24,30-31H,2-3,5-6H2,1H3/b25-23-. The Morgan fingerprint density at radius 3 is 2.58 bits per heavy atom. The van der Waals surface area contributed by atoms with Crippen molar-refractivity contribution >= 4 is 23.1 Å². The fraction of sp³-hybridized carbons (Fsp3) is 0.222. The van der Waals surface area contributed by atoms with E-state index >= 15 is 0 Å². The first-order valence-corrected chi connectivity index (χ1v) is 11.1. The molecular weight excluding hydrogens is 416 g/mol. The fourth-order valence-corrected chi connectivity index (χ4v) is 4.80. The first-order chi connectivity index (χ1) is 16.0. The van der Waals surface area contributed by atoms with Gasteiger partial charge in [0, 0.05) is 18.0 Å². The summed E-state index contributed by atoms with van der Waals surface area (Å²) in [5.74, 6) is -1.93. The molecule has 1 aliphatic heterocycles. The summed E-state index contributed by atoms with van der Waals surface area (Å²) < 4.78 is 0. The predicted octanol–water partition coefficient (Wildman–Crippen LogP) is 4.60. The van der Waals surface area contributed by atoms with Crippen molar-refractivity contribution in [1.29, 1.82) is 0 Å². The molecule has 6 nitrogen and oxygen atoms in total. The third kappa shape index (κ3) is 3.57. The topological polar surface area (TPSA) is 90.7 Å². The Labute approximate surface area is 191 Å². The van der Waals surface area contributed by atoms with Crippen LogP contribution >= 0.6 is 0 Å². The number of ketones is 1. The number of benzene rings is 2. The van der Waals surface area contributed by atoms with Gasteiger partial charge < -0.3 is 10.2 Å². The zero-order chi connectivity index (χ0) is 23.1. The number of carbonyl (C=O) groups excluding carboxylic acids is 2. The number of aliphatic hydroxyl groups excluding tert-OH is 1. The van der Waals surface area contributed by atoms with Crippen molar-refractivity contribution in [2.24, 2.45) is 0 Å². The maximum Gasteiger partial charge on any atom is 0.300 e. The number of Topliss-reactive ketones (excluding diaryl/α,β-unsaturated/α-hetero) is 1. The highest BCUT2D eigenvalue weighted by molar-refractivity contribution is 6.51. The number of pyridine rings is 1. The van der Waals surface area contributed by atoms with Gasteiger partial charge in [-0.05, 0) is 79.1 Å². The monoisotopic (exact) mass is 440 g/mol. The van der Waals surface area contributed by atoms with Crippen LogP contribution in [0.25, 0.3) is 5.76 Å². The van der Waals surface area contributed by atoms with Gasteiger partial charge in [-0.3, -0.25) is 19.5 Å². The lowest BCUT2D eigenvalue weighted by Gasteiger charge is -2.26. The van der Waals surface area contributed by atoms with Gasteiger partial charge >= 0.3 is 0 Å². The molecule has 1 aliphatic carbocycles. The lowest BCUT2D eigenvalue weighted by atomic mass is 9.89. The van der Waals surface area contributed by atoms with Crippen LogP contribution in [0.15, 0.2) is 66.5 Å². The van der Waals surface area contributed by atoms with E-state index in [1.807, 2.05) is 19.1 Å². The minimum absolute atomic E-state index is 0.00957. The number of nitrogens with zero attached hydrogens (tertiary/aromatic N) is 2. The number of amides is 1. The van der Waals surface area contributed by atoms with Crippen LogP contribution in [0.1, 0.15) is 46.7 Å². The highest BCUT2D eigenvalue weighted by Crippen LogP contribution is 2.45. The van der Waals surface area contributed by atoms with Crippen molar-refractivity contribution < 1.29 is 19.8 Å². The number of aryl methyl sites for hydroxylation is 3. The van der Waals surface area contributed by atoms with E-state index in [9.17, 15) is 19.8 Å². The fourth-order valence-electron chi connectivity index (χ4n) is 4.80. The number of aliphatic hydroxyl groups is 1. The molecule has 0 saturated carbocycles. The van der Waals surface area contributed by atoms with E-state index in [0.29, 0.717) is 11.1 Å². The molecular formula is C27H24N2O4. The summed E-state index contributed by atoms with van der Waals surface area (Å²) in [7, 11) is 0. The lowest BCUT2D eigenvalue weighted by Crippen LogP contribution is -2.29. The van der Waals surface area contributed by atoms with E-state index in [1.54, 1.807) is 42.7 Å². The average molecular weight is 440 g/mol. The van der Waals surface area contributed by atoms with Gasteiger partial charge in [0.1, 0.15) is 11.5 Å². The molecule has 166 valence electrons. The number of phenolic OH excluding ortho intramolecular Hbond substituents is 1. The number of rotatable bonds is 3. The Morgan fingerprint density at radius 1 is 1.03 bits per heavy atom.